The number of hydrogen-bond acceptors (Lipinski definition) is 6. The first-order valence-corrected chi connectivity index (χ1v) is 10.4. The molecule has 0 bridgehead atoms. The van der Waals surface area contributed by atoms with Crippen molar-refractivity contribution in [2.45, 2.75) is 39.5 Å². The molecule has 7 heteroatoms. The normalized spacial score (nSPS) is 17.9. The number of benzene rings is 1. The lowest BCUT2D eigenvalue weighted by molar-refractivity contribution is -0.140. The lowest BCUT2D eigenvalue weighted by Crippen LogP contribution is -2.29. The predicted molar refractivity (Wildman–Crippen MR) is 118 cm³/mol. The number of carbonyl (C=O) groups is 2. The highest BCUT2D eigenvalue weighted by atomic mass is 16.5. The van der Waals surface area contributed by atoms with Crippen LogP contribution in [0.15, 0.2) is 71.0 Å². The summed E-state index contributed by atoms with van der Waals surface area (Å²) in [5.74, 6) is -0.657. The Morgan fingerprint density at radius 1 is 1.19 bits per heavy atom. The van der Waals surface area contributed by atoms with Gasteiger partial charge in [-0.1, -0.05) is 6.07 Å². The van der Waals surface area contributed by atoms with E-state index in [-0.39, 0.29) is 24.0 Å². The van der Waals surface area contributed by atoms with Crippen molar-refractivity contribution in [3.63, 3.8) is 0 Å². The molecule has 32 heavy (non-hydrogen) atoms. The number of ether oxygens (including phenoxy) is 1. The minimum atomic E-state index is -0.862. The first-order valence-electron chi connectivity index (χ1n) is 10.4. The minimum Gasteiger partial charge on any atom is -0.507 e. The van der Waals surface area contributed by atoms with Crippen LogP contribution in [0.2, 0.25) is 0 Å². The third-order valence-corrected chi connectivity index (χ3v) is 5.22. The van der Waals surface area contributed by atoms with Gasteiger partial charge in [0.25, 0.3) is 11.7 Å². The number of hydrogen-bond donors (Lipinski definition) is 1. The quantitative estimate of drug-likeness (QED) is 0.353. The molecule has 0 aliphatic carbocycles. The van der Waals surface area contributed by atoms with Crippen molar-refractivity contribution >= 4 is 17.4 Å². The fourth-order valence-electron chi connectivity index (χ4n) is 3.79. The fraction of sp³-hybridized carbons (Fsp3) is 0.240. The largest absolute Gasteiger partial charge is 0.507 e. The number of furan rings is 1. The molecule has 164 valence electrons. The Kier molecular flexibility index (Phi) is 5.81. The van der Waals surface area contributed by atoms with Gasteiger partial charge in [0.05, 0.1) is 30.2 Å². The Bertz CT molecular complexity index is 1170. The van der Waals surface area contributed by atoms with Crippen molar-refractivity contribution in [1.29, 1.82) is 0 Å². The SMILES string of the molecule is Cc1cc(/C(O)=C2/C(=O)C(=O)N(Cc3ccccn3)C2c2ccco2)ccc1OC(C)C. The molecule has 1 aliphatic rings. The highest BCUT2D eigenvalue weighted by molar-refractivity contribution is 6.46. The molecule has 0 radical (unpaired) electrons. The van der Waals surface area contributed by atoms with Crippen molar-refractivity contribution in [3.05, 3.63) is 89.1 Å². The van der Waals surface area contributed by atoms with Crippen LogP contribution >= 0.6 is 0 Å². The smallest absolute Gasteiger partial charge is 0.296 e. The second kappa shape index (κ2) is 8.70. The Hall–Kier alpha value is -3.87. The zero-order valence-corrected chi connectivity index (χ0v) is 18.1. The van der Waals surface area contributed by atoms with Crippen LogP contribution in [0.3, 0.4) is 0 Å². The minimum absolute atomic E-state index is 0.00372. The highest BCUT2D eigenvalue weighted by Gasteiger charge is 2.47. The molecule has 3 aromatic rings. The summed E-state index contributed by atoms with van der Waals surface area (Å²) in [6.45, 7) is 5.82. The van der Waals surface area contributed by atoms with Crippen LogP contribution in [0.4, 0.5) is 0 Å². The summed E-state index contributed by atoms with van der Waals surface area (Å²) in [5.41, 5.74) is 1.83. The molecule has 1 aliphatic heterocycles. The summed E-state index contributed by atoms with van der Waals surface area (Å²) < 4.78 is 11.3. The van der Waals surface area contributed by atoms with E-state index in [1.54, 1.807) is 48.7 Å². The van der Waals surface area contributed by atoms with Crippen molar-refractivity contribution in [2.24, 2.45) is 0 Å². The van der Waals surface area contributed by atoms with Crippen LogP contribution in [0.25, 0.3) is 5.76 Å². The van der Waals surface area contributed by atoms with Crippen LogP contribution < -0.4 is 4.74 Å². The van der Waals surface area contributed by atoms with E-state index in [1.807, 2.05) is 26.8 Å². The number of aryl methyl sites for hydroxylation is 1. The maximum atomic E-state index is 13.0. The molecule has 0 spiro atoms. The van der Waals surface area contributed by atoms with E-state index < -0.39 is 17.7 Å². The van der Waals surface area contributed by atoms with Crippen molar-refractivity contribution in [2.75, 3.05) is 0 Å². The fourth-order valence-corrected chi connectivity index (χ4v) is 3.79. The number of likely N-dealkylation sites (tertiary alicyclic amines) is 1. The predicted octanol–water partition coefficient (Wildman–Crippen LogP) is 4.39. The van der Waals surface area contributed by atoms with Crippen molar-refractivity contribution in [3.8, 4) is 5.75 Å². The van der Waals surface area contributed by atoms with Crippen LogP contribution in [0, 0.1) is 6.92 Å². The molecule has 0 saturated carbocycles. The average Bonchev–Trinajstić information content (AvgIpc) is 3.38. The van der Waals surface area contributed by atoms with Crippen LogP contribution in [-0.2, 0) is 16.1 Å². The number of amides is 1. The summed E-state index contributed by atoms with van der Waals surface area (Å²) in [5, 5.41) is 11.1. The van der Waals surface area contributed by atoms with Gasteiger partial charge in [-0.3, -0.25) is 14.6 Å². The third kappa shape index (κ3) is 4.01. The number of nitrogens with zero attached hydrogens (tertiary/aromatic N) is 2. The summed E-state index contributed by atoms with van der Waals surface area (Å²) >= 11 is 0. The topological polar surface area (TPSA) is 92.9 Å². The van der Waals surface area contributed by atoms with Gasteiger partial charge < -0.3 is 19.2 Å². The molecule has 1 atom stereocenters. The Morgan fingerprint density at radius 3 is 2.62 bits per heavy atom. The Balaban J connectivity index is 1.79. The van der Waals surface area contributed by atoms with Gasteiger partial charge in [-0.15, -0.1) is 0 Å². The van der Waals surface area contributed by atoms with Gasteiger partial charge in [-0.2, -0.15) is 0 Å². The van der Waals surface area contributed by atoms with E-state index in [2.05, 4.69) is 4.98 Å². The molecular weight excluding hydrogens is 408 g/mol. The molecule has 1 aromatic carbocycles. The summed E-state index contributed by atoms with van der Waals surface area (Å²) in [4.78, 5) is 31.6. The third-order valence-electron chi connectivity index (χ3n) is 5.22. The second-order valence-corrected chi connectivity index (χ2v) is 7.91. The molecular formula is C25H24N2O5. The van der Waals surface area contributed by atoms with E-state index in [0.29, 0.717) is 22.8 Å². The molecule has 7 nitrogen and oxygen atoms in total. The summed E-state index contributed by atoms with van der Waals surface area (Å²) in [7, 11) is 0. The molecule has 1 N–H and O–H groups in total. The lowest BCUT2D eigenvalue weighted by atomic mass is 9.98. The summed E-state index contributed by atoms with van der Waals surface area (Å²) in [6, 6.07) is 13.0. The van der Waals surface area contributed by atoms with Gasteiger partial charge in [0.2, 0.25) is 0 Å². The molecule has 4 rings (SSSR count). The van der Waals surface area contributed by atoms with Crippen LogP contribution in [0.5, 0.6) is 5.75 Å². The van der Waals surface area contributed by atoms with Crippen LogP contribution in [0.1, 0.15) is 42.5 Å². The first kappa shape index (κ1) is 21.4. The Morgan fingerprint density at radius 2 is 2.00 bits per heavy atom. The van der Waals surface area contributed by atoms with Crippen LogP contribution in [-0.4, -0.2) is 32.8 Å². The number of aromatic nitrogens is 1. The molecule has 1 saturated heterocycles. The van der Waals surface area contributed by atoms with Gasteiger partial charge >= 0.3 is 0 Å². The zero-order chi connectivity index (χ0) is 22.8. The number of ketones is 1. The monoisotopic (exact) mass is 432 g/mol. The van der Waals surface area contributed by atoms with E-state index in [9.17, 15) is 14.7 Å². The van der Waals surface area contributed by atoms with Gasteiger partial charge in [0.1, 0.15) is 23.3 Å². The number of rotatable bonds is 6. The molecule has 1 unspecified atom stereocenters. The standard InChI is InChI=1S/C25H24N2O5/c1-15(2)32-19-10-9-17(13-16(19)3)23(28)21-22(20-8-6-12-31-20)27(25(30)24(21)29)14-18-7-4-5-11-26-18/h4-13,15,22,28H,14H2,1-3H3/b23-21-. The first-order chi connectivity index (χ1) is 15.4. The van der Waals surface area contributed by atoms with Gasteiger partial charge in [-0.25, -0.2) is 0 Å². The van der Waals surface area contributed by atoms with Crippen molar-refractivity contribution in [1.82, 2.24) is 9.88 Å². The Labute approximate surface area is 186 Å². The second-order valence-electron chi connectivity index (χ2n) is 7.91. The number of pyridine rings is 1. The summed E-state index contributed by atoms with van der Waals surface area (Å²) in [6.07, 6.45) is 3.10. The van der Waals surface area contributed by atoms with Crippen molar-refractivity contribution < 1.29 is 23.8 Å². The van der Waals surface area contributed by atoms with E-state index in [1.165, 1.54) is 11.2 Å². The zero-order valence-electron chi connectivity index (χ0n) is 18.1. The van der Waals surface area contributed by atoms with Gasteiger partial charge in [0.15, 0.2) is 0 Å². The average molecular weight is 432 g/mol. The highest BCUT2D eigenvalue weighted by Crippen LogP contribution is 2.40. The maximum absolute atomic E-state index is 13.0. The van der Waals surface area contributed by atoms with E-state index >= 15 is 0 Å². The molecule has 1 fully saturated rings. The molecule has 1 amide bonds. The number of aliphatic hydroxyl groups excluding tert-OH is 1. The number of carbonyl (C=O) groups excluding carboxylic acids is 2. The van der Waals surface area contributed by atoms with E-state index in [0.717, 1.165) is 5.56 Å². The molecule has 3 heterocycles. The molecule has 2 aromatic heterocycles. The number of aliphatic hydroxyl groups is 1. The van der Waals surface area contributed by atoms with E-state index in [4.69, 9.17) is 9.15 Å². The maximum Gasteiger partial charge on any atom is 0.296 e. The van der Waals surface area contributed by atoms with Gasteiger partial charge in [0, 0.05) is 11.8 Å². The van der Waals surface area contributed by atoms with Gasteiger partial charge in [-0.05, 0) is 68.8 Å². The number of Topliss-reactive ketones (excluding diaryl/α,β-unsaturated/α-hetero) is 1. The lowest BCUT2D eigenvalue weighted by Gasteiger charge is -2.23.